The Balaban J connectivity index is 1.98. The number of carbonyl (C=O) groups is 1. The first kappa shape index (κ1) is 16.3. The molecule has 7 heteroatoms. The van der Waals surface area contributed by atoms with Crippen LogP contribution >= 0.6 is 11.6 Å². The zero-order chi connectivity index (χ0) is 15.5. The van der Waals surface area contributed by atoms with Crippen LogP contribution in [0.15, 0.2) is 24.3 Å². The Bertz CT molecular complexity index is 614. The average Bonchev–Trinajstić information content (AvgIpc) is 3.19. The molecule has 0 heterocycles. The fourth-order valence-corrected chi connectivity index (χ4v) is 2.92. The van der Waals surface area contributed by atoms with Crippen molar-refractivity contribution in [3.63, 3.8) is 0 Å². The fourth-order valence-electron chi connectivity index (χ4n) is 1.93. The number of carbonyl (C=O) groups excluding carboxylic acids is 1. The number of hydrogen-bond donors (Lipinski definition) is 1. The molecule has 1 aliphatic rings. The minimum Gasteiger partial charge on any atom is -0.353 e. The molecule has 0 saturated heterocycles. The molecule has 0 unspecified atom stereocenters. The van der Waals surface area contributed by atoms with Gasteiger partial charge in [0.2, 0.25) is 15.9 Å². The van der Waals surface area contributed by atoms with Crippen LogP contribution in [0.3, 0.4) is 0 Å². The molecule has 1 aromatic carbocycles. The Hall–Kier alpha value is -1.11. The van der Waals surface area contributed by atoms with Gasteiger partial charge in [0.15, 0.2) is 0 Å². The summed E-state index contributed by atoms with van der Waals surface area (Å²) >= 11 is 6.06. The number of amides is 1. The number of nitrogens with one attached hydrogen (secondary N) is 1. The summed E-state index contributed by atoms with van der Waals surface area (Å²) in [6.45, 7) is 0.331. The van der Waals surface area contributed by atoms with Crippen LogP contribution in [0, 0.1) is 0 Å². The number of rotatable bonds is 7. The van der Waals surface area contributed by atoms with Gasteiger partial charge in [-0.2, -0.15) is 4.31 Å². The van der Waals surface area contributed by atoms with Crippen molar-refractivity contribution in [1.82, 2.24) is 9.62 Å². The molecule has 0 bridgehead atoms. The first-order chi connectivity index (χ1) is 9.86. The molecule has 21 heavy (non-hydrogen) atoms. The minimum absolute atomic E-state index is 0.106. The second-order valence-corrected chi connectivity index (χ2v) is 7.67. The topological polar surface area (TPSA) is 66.5 Å². The van der Waals surface area contributed by atoms with Crippen LogP contribution in [0.1, 0.15) is 24.8 Å². The van der Waals surface area contributed by atoms with Crippen LogP contribution in [-0.2, 0) is 21.4 Å². The second-order valence-electron chi connectivity index (χ2n) is 5.28. The normalized spacial score (nSPS) is 15.2. The van der Waals surface area contributed by atoms with E-state index in [1.54, 1.807) is 18.2 Å². The van der Waals surface area contributed by atoms with Gasteiger partial charge in [-0.1, -0.05) is 29.8 Å². The van der Waals surface area contributed by atoms with E-state index in [4.69, 9.17) is 11.6 Å². The van der Waals surface area contributed by atoms with E-state index in [0.717, 1.165) is 24.7 Å². The lowest BCUT2D eigenvalue weighted by Gasteiger charge is -2.20. The van der Waals surface area contributed by atoms with E-state index in [2.05, 4.69) is 5.32 Å². The van der Waals surface area contributed by atoms with Crippen molar-refractivity contribution in [3.05, 3.63) is 34.9 Å². The first-order valence-electron chi connectivity index (χ1n) is 6.84. The molecule has 0 spiro atoms. The lowest BCUT2D eigenvalue weighted by atomic mass is 10.2. The molecule has 1 fully saturated rings. The molecule has 0 aromatic heterocycles. The predicted molar refractivity (Wildman–Crippen MR) is 82.5 cm³/mol. The molecular formula is C14H19ClN2O3S. The molecule has 1 amide bonds. The second kappa shape index (κ2) is 6.77. The highest BCUT2D eigenvalue weighted by Gasteiger charge is 2.24. The van der Waals surface area contributed by atoms with Crippen molar-refractivity contribution in [1.29, 1.82) is 0 Å². The lowest BCUT2D eigenvalue weighted by Crippen LogP contribution is -2.34. The van der Waals surface area contributed by atoms with E-state index >= 15 is 0 Å². The molecule has 116 valence electrons. The zero-order valence-electron chi connectivity index (χ0n) is 11.9. The van der Waals surface area contributed by atoms with E-state index in [1.165, 1.54) is 4.31 Å². The molecule has 1 saturated carbocycles. The predicted octanol–water partition coefficient (Wildman–Crippen LogP) is 1.77. The minimum atomic E-state index is -3.39. The van der Waals surface area contributed by atoms with Gasteiger partial charge in [-0.05, 0) is 24.5 Å². The van der Waals surface area contributed by atoms with Crippen molar-refractivity contribution >= 4 is 27.5 Å². The van der Waals surface area contributed by atoms with Gasteiger partial charge < -0.3 is 5.32 Å². The molecule has 0 radical (unpaired) electrons. The van der Waals surface area contributed by atoms with E-state index in [-0.39, 0.29) is 31.5 Å². The highest BCUT2D eigenvalue weighted by Crippen LogP contribution is 2.20. The summed E-state index contributed by atoms with van der Waals surface area (Å²) in [5.41, 5.74) is 0.729. The number of benzene rings is 1. The van der Waals surface area contributed by atoms with Crippen LogP contribution in [0.4, 0.5) is 0 Å². The van der Waals surface area contributed by atoms with Gasteiger partial charge in [0, 0.05) is 30.6 Å². The Morgan fingerprint density at radius 1 is 1.38 bits per heavy atom. The fraction of sp³-hybridized carbons (Fsp3) is 0.500. The Morgan fingerprint density at radius 3 is 2.62 bits per heavy atom. The molecule has 0 atom stereocenters. The number of sulfonamides is 1. The van der Waals surface area contributed by atoms with Crippen molar-refractivity contribution < 1.29 is 13.2 Å². The third-order valence-electron chi connectivity index (χ3n) is 3.30. The molecular weight excluding hydrogens is 312 g/mol. The van der Waals surface area contributed by atoms with Gasteiger partial charge >= 0.3 is 0 Å². The summed E-state index contributed by atoms with van der Waals surface area (Å²) in [5.74, 6) is -0.106. The van der Waals surface area contributed by atoms with Gasteiger partial charge in [0.1, 0.15) is 0 Å². The van der Waals surface area contributed by atoms with Gasteiger partial charge in [0.25, 0.3) is 0 Å². The van der Waals surface area contributed by atoms with E-state index in [0.29, 0.717) is 5.02 Å². The molecule has 0 aliphatic heterocycles. The van der Waals surface area contributed by atoms with Crippen LogP contribution in [0.25, 0.3) is 0 Å². The zero-order valence-corrected chi connectivity index (χ0v) is 13.5. The van der Waals surface area contributed by atoms with Crippen LogP contribution in [0.2, 0.25) is 5.02 Å². The van der Waals surface area contributed by atoms with Crippen molar-refractivity contribution in [2.75, 3.05) is 12.8 Å². The maximum Gasteiger partial charge on any atom is 0.221 e. The summed E-state index contributed by atoms with van der Waals surface area (Å²) in [6.07, 6.45) is 3.33. The summed E-state index contributed by atoms with van der Waals surface area (Å²) in [7, 11) is -3.39. The van der Waals surface area contributed by atoms with Gasteiger partial charge in [0.05, 0.1) is 6.26 Å². The summed E-state index contributed by atoms with van der Waals surface area (Å²) in [5, 5.41) is 3.37. The summed E-state index contributed by atoms with van der Waals surface area (Å²) in [6, 6.07) is 7.39. The Kier molecular flexibility index (Phi) is 5.24. The number of hydrogen-bond acceptors (Lipinski definition) is 3. The van der Waals surface area contributed by atoms with Crippen molar-refractivity contribution in [2.45, 2.75) is 31.8 Å². The highest BCUT2D eigenvalue weighted by molar-refractivity contribution is 7.88. The molecule has 2 rings (SSSR count). The standard InChI is InChI=1S/C14H19ClN2O3S/c1-21(19,20)17(9-8-14(18)16-12-6-7-12)10-11-4-2-3-5-13(11)15/h2-5,12H,6-10H2,1H3,(H,16,18). The van der Waals surface area contributed by atoms with Crippen LogP contribution in [0.5, 0.6) is 0 Å². The quantitative estimate of drug-likeness (QED) is 0.828. The molecule has 1 aromatic rings. The maximum absolute atomic E-state index is 11.8. The van der Waals surface area contributed by atoms with E-state index in [9.17, 15) is 13.2 Å². The monoisotopic (exact) mass is 330 g/mol. The SMILES string of the molecule is CS(=O)(=O)N(CCC(=O)NC1CC1)Cc1ccccc1Cl. The first-order valence-corrected chi connectivity index (χ1v) is 9.07. The van der Waals surface area contributed by atoms with Crippen molar-refractivity contribution in [3.8, 4) is 0 Å². The number of halogens is 1. The van der Waals surface area contributed by atoms with Crippen LogP contribution < -0.4 is 5.32 Å². The van der Waals surface area contributed by atoms with Crippen molar-refractivity contribution in [2.24, 2.45) is 0 Å². The number of nitrogens with zero attached hydrogens (tertiary/aromatic N) is 1. The van der Waals surface area contributed by atoms with E-state index < -0.39 is 10.0 Å². The van der Waals surface area contributed by atoms with Gasteiger partial charge in [-0.15, -0.1) is 0 Å². The van der Waals surface area contributed by atoms with Gasteiger partial charge in [-0.25, -0.2) is 8.42 Å². The lowest BCUT2D eigenvalue weighted by molar-refractivity contribution is -0.121. The Labute approximate surface area is 130 Å². The molecule has 1 N–H and O–H groups in total. The summed E-state index contributed by atoms with van der Waals surface area (Å²) in [4.78, 5) is 11.7. The van der Waals surface area contributed by atoms with E-state index in [1.807, 2.05) is 6.07 Å². The Morgan fingerprint density at radius 2 is 2.05 bits per heavy atom. The largest absolute Gasteiger partial charge is 0.353 e. The summed E-state index contributed by atoms with van der Waals surface area (Å²) < 4.78 is 25.0. The third kappa shape index (κ3) is 5.30. The van der Waals surface area contributed by atoms with Crippen LogP contribution in [-0.4, -0.2) is 37.5 Å². The van der Waals surface area contributed by atoms with Gasteiger partial charge in [-0.3, -0.25) is 4.79 Å². The third-order valence-corrected chi connectivity index (χ3v) is 4.92. The maximum atomic E-state index is 11.8. The molecule has 1 aliphatic carbocycles. The molecule has 5 nitrogen and oxygen atoms in total. The average molecular weight is 331 g/mol. The smallest absolute Gasteiger partial charge is 0.221 e. The highest BCUT2D eigenvalue weighted by atomic mass is 35.5.